The number of halogens is 1. The second-order valence-corrected chi connectivity index (χ2v) is 4.61. The second-order valence-electron chi connectivity index (χ2n) is 4.20. The van der Waals surface area contributed by atoms with Crippen LogP contribution in [0.25, 0.3) is 0 Å². The van der Waals surface area contributed by atoms with E-state index >= 15 is 0 Å². The van der Waals surface area contributed by atoms with E-state index in [1.807, 2.05) is 49.4 Å². The number of terminal acetylenes is 1. The molecule has 100 valence electrons. The first-order chi connectivity index (χ1) is 9.70. The molecule has 2 nitrogen and oxygen atoms in total. The fraction of sp³-hybridized carbons (Fsp3) is 0.118. The summed E-state index contributed by atoms with van der Waals surface area (Å²) in [6.45, 7) is 2.22. The molecule has 3 heteroatoms. The molecule has 0 fully saturated rings. The molecule has 2 aromatic carbocycles. The van der Waals surface area contributed by atoms with Crippen molar-refractivity contribution in [2.45, 2.75) is 6.92 Å². The summed E-state index contributed by atoms with van der Waals surface area (Å²) in [6.07, 6.45) is 6.93. The largest absolute Gasteiger partial charge is 0.481 e. The quantitative estimate of drug-likeness (QED) is 0.601. The van der Waals surface area contributed by atoms with E-state index < -0.39 is 0 Å². The van der Waals surface area contributed by atoms with Crippen molar-refractivity contribution in [1.82, 2.24) is 0 Å². The highest BCUT2D eigenvalue weighted by atomic mass is 35.5. The van der Waals surface area contributed by atoms with Gasteiger partial charge >= 0.3 is 0 Å². The van der Waals surface area contributed by atoms with E-state index in [1.165, 1.54) is 0 Å². The van der Waals surface area contributed by atoms with Gasteiger partial charge < -0.3 is 4.74 Å². The molecule has 2 aromatic rings. The summed E-state index contributed by atoms with van der Waals surface area (Å²) in [5.41, 5.74) is 2.82. The van der Waals surface area contributed by atoms with Crippen molar-refractivity contribution in [2.24, 2.45) is 4.99 Å². The summed E-state index contributed by atoms with van der Waals surface area (Å²) < 4.78 is 5.31. The second kappa shape index (κ2) is 6.79. The summed E-state index contributed by atoms with van der Waals surface area (Å²) in [5, 5.41) is 0.720. The summed E-state index contributed by atoms with van der Waals surface area (Å²) in [7, 11) is 0. The van der Waals surface area contributed by atoms with E-state index in [2.05, 4.69) is 10.9 Å². The Kier molecular flexibility index (Phi) is 4.81. The van der Waals surface area contributed by atoms with Gasteiger partial charge in [0.15, 0.2) is 0 Å². The van der Waals surface area contributed by atoms with E-state index in [1.54, 1.807) is 6.21 Å². The van der Waals surface area contributed by atoms with Crippen LogP contribution < -0.4 is 4.74 Å². The zero-order valence-corrected chi connectivity index (χ0v) is 11.9. The number of hydrogen-bond donors (Lipinski definition) is 0. The van der Waals surface area contributed by atoms with Gasteiger partial charge in [0.2, 0.25) is 0 Å². The molecule has 0 radical (unpaired) electrons. The molecule has 0 spiro atoms. The number of aliphatic imine (C=N–C) groups is 1. The van der Waals surface area contributed by atoms with E-state index in [0.717, 1.165) is 27.6 Å². The Morgan fingerprint density at radius 2 is 2.00 bits per heavy atom. The van der Waals surface area contributed by atoms with Crippen LogP contribution in [-0.2, 0) is 0 Å². The van der Waals surface area contributed by atoms with Crippen LogP contribution >= 0.6 is 11.6 Å². The predicted octanol–water partition coefficient (Wildman–Crippen LogP) is 4.41. The maximum Gasteiger partial charge on any atom is 0.148 e. The minimum absolute atomic E-state index is 0.273. The standard InChI is InChI=1S/C17H14ClNO/c1-3-11-20-15-9-7-14(8-10-15)12-19-17-6-4-5-16(18)13(17)2/h1,4-10,12H,11H2,2H3. The lowest BCUT2D eigenvalue weighted by atomic mass is 10.2. The molecule has 0 heterocycles. The van der Waals surface area contributed by atoms with E-state index in [-0.39, 0.29) is 6.61 Å². The van der Waals surface area contributed by atoms with Crippen LogP contribution in [0.5, 0.6) is 5.75 Å². The lowest BCUT2D eigenvalue weighted by Crippen LogP contribution is -1.93. The first-order valence-electron chi connectivity index (χ1n) is 6.16. The van der Waals surface area contributed by atoms with Gasteiger partial charge in [0.25, 0.3) is 0 Å². The SMILES string of the molecule is C#CCOc1ccc(C=Nc2cccc(Cl)c2C)cc1. The van der Waals surface area contributed by atoms with Crippen molar-refractivity contribution in [3.05, 3.63) is 58.6 Å². The van der Waals surface area contributed by atoms with Gasteiger partial charge in [0, 0.05) is 11.2 Å². The third-order valence-electron chi connectivity index (χ3n) is 2.79. The lowest BCUT2D eigenvalue weighted by Gasteiger charge is -2.03. The zero-order chi connectivity index (χ0) is 14.4. The van der Waals surface area contributed by atoms with Crippen LogP contribution in [0.15, 0.2) is 47.5 Å². The van der Waals surface area contributed by atoms with Crippen LogP contribution in [0, 0.1) is 19.3 Å². The molecule has 0 saturated heterocycles. The highest BCUT2D eigenvalue weighted by Crippen LogP contribution is 2.25. The smallest absolute Gasteiger partial charge is 0.148 e. The number of nitrogens with zero attached hydrogens (tertiary/aromatic N) is 1. The molecule has 0 aromatic heterocycles. The molecule has 0 unspecified atom stereocenters. The van der Waals surface area contributed by atoms with Crippen LogP contribution in [0.3, 0.4) is 0 Å². The predicted molar refractivity (Wildman–Crippen MR) is 84.2 cm³/mol. The Labute approximate surface area is 124 Å². The van der Waals surface area contributed by atoms with Crippen LogP contribution in [0.1, 0.15) is 11.1 Å². The first kappa shape index (κ1) is 14.2. The third kappa shape index (κ3) is 3.63. The Morgan fingerprint density at radius 3 is 2.70 bits per heavy atom. The molecule has 0 aliphatic rings. The average Bonchev–Trinajstić information content (AvgIpc) is 2.48. The molecule has 0 amide bonds. The monoisotopic (exact) mass is 283 g/mol. The maximum absolute atomic E-state index is 6.06. The normalized spacial score (nSPS) is 10.4. The molecule has 0 atom stereocenters. The molecule has 0 aliphatic carbocycles. The minimum Gasteiger partial charge on any atom is -0.481 e. The van der Waals surface area contributed by atoms with Crippen molar-refractivity contribution in [3.8, 4) is 18.1 Å². The molecule has 0 bridgehead atoms. The van der Waals surface area contributed by atoms with Crippen molar-refractivity contribution in [1.29, 1.82) is 0 Å². The molecule has 0 saturated carbocycles. The zero-order valence-electron chi connectivity index (χ0n) is 11.1. The minimum atomic E-state index is 0.273. The van der Waals surface area contributed by atoms with Crippen LogP contribution in [-0.4, -0.2) is 12.8 Å². The fourth-order valence-electron chi connectivity index (χ4n) is 1.66. The lowest BCUT2D eigenvalue weighted by molar-refractivity contribution is 0.370. The van der Waals surface area contributed by atoms with Gasteiger partial charge in [-0.15, -0.1) is 6.42 Å². The van der Waals surface area contributed by atoms with E-state index in [0.29, 0.717) is 0 Å². The van der Waals surface area contributed by atoms with Crippen molar-refractivity contribution in [2.75, 3.05) is 6.61 Å². The Hall–Kier alpha value is -2.24. The molecular formula is C17H14ClNO. The number of ether oxygens (including phenoxy) is 1. The van der Waals surface area contributed by atoms with Gasteiger partial charge in [-0.1, -0.05) is 23.6 Å². The summed E-state index contributed by atoms with van der Waals surface area (Å²) in [4.78, 5) is 4.45. The molecule has 0 N–H and O–H groups in total. The van der Waals surface area contributed by atoms with Crippen molar-refractivity contribution < 1.29 is 4.74 Å². The third-order valence-corrected chi connectivity index (χ3v) is 3.20. The fourth-order valence-corrected chi connectivity index (χ4v) is 1.82. The van der Waals surface area contributed by atoms with E-state index in [9.17, 15) is 0 Å². The molecule has 20 heavy (non-hydrogen) atoms. The average molecular weight is 284 g/mol. The number of benzene rings is 2. The highest BCUT2D eigenvalue weighted by Gasteiger charge is 1.99. The maximum atomic E-state index is 6.06. The number of rotatable bonds is 4. The summed E-state index contributed by atoms with van der Waals surface area (Å²) >= 11 is 6.06. The van der Waals surface area contributed by atoms with Gasteiger partial charge in [-0.25, -0.2) is 0 Å². The topological polar surface area (TPSA) is 21.6 Å². The first-order valence-corrected chi connectivity index (χ1v) is 6.54. The van der Waals surface area contributed by atoms with Gasteiger partial charge in [0.05, 0.1) is 5.69 Å². The summed E-state index contributed by atoms with van der Waals surface area (Å²) in [5.74, 6) is 3.18. The Morgan fingerprint density at radius 1 is 1.25 bits per heavy atom. The Balaban J connectivity index is 2.12. The highest BCUT2D eigenvalue weighted by molar-refractivity contribution is 6.31. The van der Waals surface area contributed by atoms with Crippen molar-refractivity contribution in [3.63, 3.8) is 0 Å². The van der Waals surface area contributed by atoms with Gasteiger partial charge in [-0.2, -0.15) is 0 Å². The van der Waals surface area contributed by atoms with Gasteiger partial charge in [0.1, 0.15) is 12.4 Å². The number of hydrogen-bond acceptors (Lipinski definition) is 2. The summed E-state index contributed by atoms with van der Waals surface area (Å²) in [6, 6.07) is 13.3. The van der Waals surface area contributed by atoms with Gasteiger partial charge in [-0.05, 0) is 54.4 Å². The van der Waals surface area contributed by atoms with Gasteiger partial charge in [-0.3, -0.25) is 4.99 Å². The van der Waals surface area contributed by atoms with Crippen LogP contribution in [0.4, 0.5) is 5.69 Å². The van der Waals surface area contributed by atoms with Crippen molar-refractivity contribution >= 4 is 23.5 Å². The Bertz CT molecular complexity index is 654. The molecular weight excluding hydrogens is 270 g/mol. The molecule has 2 rings (SSSR count). The molecule has 0 aliphatic heterocycles. The van der Waals surface area contributed by atoms with E-state index in [4.69, 9.17) is 22.8 Å². The van der Waals surface area contributed by atoms with Crippen LogP contribution in [0.2, 0.25) is 5.02 Å².